The third-order valence-electron chi connectivity index (χ3n) is 6.63. The Balaban J connectivity index is 1.42. The molecular formula is C26H24S2. The van der Waals surface area contributed by atoms with Crippen molar-refractivity contribution in [3.05, 3.63) is 58.8 Å². The maximum absolute atomic E-state index is 2.45. The highest BCUT2D eigenvalue weighted by atomic mass is 32.1. The molecule has 3 aromatic carbocycles. The lowest BCUT2D eigenvalue weighted by Crippen LogP contribution is -2.06. The highest BCUT2D eigenvalue weighted by Crippen LogP contribution is 2.38. The van der Waals surface area contributed by atoms with Crippen LogP contribution in [0.2, 0.25) is 0 Å². The molecule has 1 aliphatic rings. The van der Waals surface area contributed by atoms with Crippen molar-refractivity contribution in [1.82, 2.24) is 0 Å². The zero-order valence-electron chi connectivity index (χ0n) is 16.0. The molecule has 0 nitrogen and oxygen atoms in total. The summed E-state index contributed by atoms with van der Waals surface area (Å²) >= 11 is 3.89. The van der Waals surface area contributed by atoms with Crippen LogP contribution in [0.25, 0.3) is 41.7 Å². The molecule has 6 rings (SSSR count). The van der Waals surface area contributed by atoms with Gasteiger partial charge in [-0.3, -0.25) is 0 Å². The Bertz CT molecular complexity index is 1300. The Kier molecular flexibility index (Phi) is 4.17. The van der Waals surface area contributed by atoms with E-state index in [9.17, 15) is 0 Å². The third kappa shape index (κ3) is 2.86. The maximum Gasteiger partial charge on any atom is 0.0424 e. The molecule has 0 amide bonds. The molecular weight excluding hydrogens is 376 g/mol. The predicted octanol–water partition coefficient (Wildman–Crippen LogP) is 8.94. The fraction of sp³-hybridized carbons (Fsp3) is 0.308. The van der Waals surface area contributed by atoms with E-state index in [2.05, 4.69) is 53.9 Å². The van der Waals surface area contributed by atoms with Crippen molar-refractivity contribution in [1.29, 1.82) is 0 Å². The second-order valence-electron chi connectivity index (χ2n) is 8.44. The summed E-state index contributed by atoms with van der Waals surface area (Å²) in [5, 5.41) is 10.6. The van der Waals surface area contributed by atoms with Crippen molar-refractivity contribution >= 4 is 64.4 Å². The molecule has 0 aliphatic heterocycles. The fourth-order valence-corrected chi connectivity index (χ4v) is 7.20. The van der Waals surface area contributed by atoms with Crippen LogP contribution in [0, 0.1) is 5.92 Å². The Labute approximate surface area is 173 Å². The first-order valence-electron chi connectivity index (χ1n) is 10.6. The van der Waals surface area contributed by atoms with E-state index >= 15 is 0 Å². The number of aryl methyl sites for hydroxylation is 1. The van der Waals surface area contributed by atoms with Gasteiger partial charge in [-0.2, -0.15) is 0 Å². The van der Waals surface area contributed by atoms with Crippen molar-refractivity contribution in [2.45, 2.75) is 44.9 Å². The summed E-state index contributed by atoms with van der Waals surface area (Å²) in [5.74, 6) is 0.966. The zero-order valence-corrected chi connectivity index (χ0v) is 17.7. The normalized spacial score (nSPS) is 16.0. The van der Waals surface area contributed by atoms with Crippen LogP contribution >= 0.6 is 22.7 Å². The second-order valence-corrected chi connectivity index (χ2v) is 10.5. The summed E-state index contributed by atoms with van der Waals surface area (Å²) in [6, 6.07) is 18.7. The molecule has 1 aliphatic carbocycles. The SMILES string of the molecule is c1cc2ccc3cc4c(ccc5cc(CCC6CCCCC6)sc54)cc3c2s1. The second kappa shape index (κ2) is 6.86. The van der Waals surface area contributed by atoms with Crippen molar-refractivity contribution in [3.63, 3.8) is 0 Å². The van der Waals surface area contributed by atoms with Crippen LogP contribution in [0.5, 0.6) is 0 Å². The van der Waals surface area contributed by atoms with Gasteiger partial charge in [-0.05, 0) is 69.9 Å². The number of rotatable bonds is 3. The number of benzene rings is 3. The van der Waals surface area contributed by atoms with E-state index in [1.165, 1.54) is 86.7 Å². The van der Waals surface area contributed by atoms with Gasteiger partial charge in [-0.15, -0.1) is 22.7 Å². The highest BCUT2D eigenvalue weighted by Gasteiger charge is 2.14. The van der Waals surface area contributed by atoms with Crippen LogP contribution in [0.4, 0.5) is 0 Å². The highest BCUT2D eigenvalue weighted by molar-refractivity contribution is 7.20. The molecule has 28 heavy (non-hydrogen) atoms. The van der Waals surface area contributed by atoms with Gasteiger partial charge in [-0.1, -0.05) is 56.4 Å². The largest absolute Gasteiger partial charge is 0.143 e. The Morgan fingerprint density at radius 2 is 1.43 bits per heavy atom. The van der Waals surface area contributed by atoms with Gasteiger partial charge < -0.3 is 0 Å². The summed E-state index contributed by atoms with van der Waals surface area (Å²) in [6.45, 7) is 0. The Morgan fingerprint density at radius 1 is 0.714 bits per heavy atom. The molecule has 2 heteroatoms. The number of fused-ring (bicyclic) bond motifs is 6. The molecule has 0 bridgehead atoms. The Hall–Kier alpha value is -1.90. The minimum Gasteiger partial charge on any atom is -0.143 e. The molecule has 0 spiro atoms. The number of hydrogen-bond donors (Lipinski definition) is 0. The van der Waals surface area contributed by atoms with E-state index in [4.69, 9.17) is 0 Å². The van der Waals surface area contributed by atoms with Crippen molar-refractivity contribution in [2.75, 3.05) is 0 Å². The van der Waals surface area contributed by atoms with Gasteiger partial charge in [0.15, 0.2) is 0 Å². The average Bonchev–Trinajstić information content (AvgIpc) is 3.38. The van der Waals surface area contributed by atoms with Crippen LogP contribution in [0.1, 0.15) is 43.4 Å². The quantitative estimate of drug-likeness (QED) is 0.265. The van der Waals surface area contributed by atoms with Crippen LogP contribution in [0.15, 0.2) is 53.9 Å². The molecule has 5 aromatic rings. The topological polar surface area (TPSA) is 0 Å². The Morgan fingerprint density at radius 3 is 2.25 bits per heavy atom. The van der Waals surface area contributed by atoms with Gasteiger partial charge in [0, 0.05) is 25.0 Å². The smallest absolute Gasteiger partial charge is 0.0424 e. The van der Waals surface area contributed by atoms with E-state index in [-0.39, 0.29) is 0 Å². The van der Waals surface area contributed by atoms with Crippen LogP contribution in [0.3, 0.4) is 0 Å². The molecule has 2 heterocycles. The summed E-state index contributed by atoms with van der Waals surface area (Å²) in [5.41, 5.74) is 0. The molecule has 2 aromatic heterocycles. The third-order valence-corrected chi connectivity index (χ3v) is 8.83. The summed E-state index contributed by atoms with van der Waals surface area (Å²) in [6.07, 6.45) is 9.91. The maximum atomic E-state index is 2.45. The van der Waals surface area contributed by atoms with Crippen molar-refractivity contribution < 1.29 is 0 Å². The van der Waals surface area contributed by atoms with E-state index in [1.54, 1.807) is 4.88 Å². The van der Waals surface area contributed by atoms with E-state index in [0.717, 1.165) is 5.92 Å². The predicted molar refractivity (Wildman–Crippen MR) is 127 cm³/mol. The lowest BCUT2D eigenvalue weighted by molar-refractivity contribution is 0.340. The molecule has 1 saturated carbocycles. The lowest BCUT2D eigenvalue weighted by Gasteiger charge is -2.20. The molecule has 0 unspecified atom stereocenters. The first-order chi connectivity index (χ1) is 13.8. The van der Waals surface area contributed by atoms with E-state index in [0.29, 0.717) is 0 Å². The van der Waals surface area contributed by atoms with Gasteiger partial charge in [-0.25, -0.2) is 0 Å². The average molecular weight is 401 g/mol. The van der Waals surface area contributed by atoms with E-state index < -0.39 is 0 Å². The van der Waals surface area contributed by atoms with Gasteiger partial charge in [0.25, 0.3) is 0 Å². The van der Waals surface area contributed by atoms with Gasteiger partial charge in [0.05, 0.1) is 0 Å². The lowest BCUT2D eigenvalue weighted by atomic mass is 9.86. The molecule has 1 fully saturated rings. The first-order valence-corrected chi connectivity index (χ1v) is 12.3. The van der Waals surface area contributed by atoms with Crippen LogP contribution in [-0.2, 0) is 6.42 Å². The fourth-order valence-electron chi connectivity index (χ4n) is 5.07. The minimum atomic E-state index is 0.966. The molecule has 140 valence electrons. The van der Waals surface area contributed by atoms with Crippen LogP contribution < -0.4 is 0 Å². The summed E-state index contributed by atoms with van der Waals surface area (Å²) < 4.78 is 2.89. The molecule has 0 atom stereocenters. The van der Waals surface area contributed by atoms with Gasteiger partial charge in [0.2, 0.25) is 0 Å². The van der Waals surface area contributed by atoms with Gasteiger partial charge in [0.1, 0.15) is 0 Å². The minimum absolute atomic E-state index is 0.966. The first kappa shape index (κ1) is 17.0. The molecule has 0 saturated heterocycles. The monoisotopic (exact) mass is 400 g/mol. The van der Waals surface area contributed by atoms with Gasteiger partial charge >= 0.3 is 0 Å². The zero-order chi connectivity index (χ0) is 18.5. The molecule has 0 N–H and O–H groups in total. The summed E-state index contributed by atoms with van der Waals surface area (Å²) in [7, 11) is 0. The summed E-state index contributed by atoms with van der Waals surface area (Å²) in [4.78, 5) is 1.57. The molecule has 0 radical (unpaired) electrons. The van der Waals surface area contributed by atoms with Crippen LogP contribution in [-0.4, -0.2) is 0 Å². The standard InChI is InChI=1S/C26H24S2/c1-2-4-17(5-3-1)6-11-22-14-21-10-9-20-15-23-19(16-24(20)26(21)28-22)8-7-18-12-13-27-25(18)23/h7-10,12-17H,1-6,11H2. The number of hydrogen-bond acceptors (Lipinski definition) is 2. The van der Waals surface area contributed by atoms with Crippen molar-refractivity contribution in [2.24, 2.45) is 5.92 Å². The van der Waals surface area contributed by atoms with Crippen molar-refractivity contribution in [3.8, 4) is 0 Å². The van der Waals surface area contributed by atoms with E-state index in [1.807, 2.05) is 22.7 Å². The number of thiophene rings is 2.